The molecule has 7 nitrogen and oxygen atoms in total. The van der Waals surface area contributed by atoms with Crippen LogP contribution in [0.5, 0.6) is 0 Å². The van der Waals surface area contributed by atoms with Gasteiger partial charge >= 0.3 is 12.0 Å². The quantitative estimate of drug-likeness (QED) is 0.563. The number of carboxylic acids is 1. The number of rotatable bonds is 7. The van der Waals surface area contributed by atoms with Crippen molar-refractivity contribution in [1.29, 1.82) is 0 Å². The van der Waals surface area contributed by atoms with Crippen molar-refractivity contribution in [2.45, 2.75) is 12.5 Å². The van der Waals surface area contributed by atoms with Gasteiger partial charge in [-0.1, -0.05) is 0 Å². The van der Waals surface area contributed by atoms with Crippen LogP contribution in [0, 0.1) is 0 Å². The summed E-state index contributed by atoms with van der Waals surface area (Å²) in [5.41, 5.74) is 4.92. The summed E-state index contributed by atoms with van der Waals surface area (Å²) >= 11 is 1.49. The van der Waals surface area contributed by atoms with Crippen LogP contribution in [0.15, 0.2) is 0 Å². The van der Waals surface area contributed by atoms with Crippen molar-refractivity contribution < 1.29 is 19.5 Å². The number of nitrogens with two attached hydrogens (primary N) is 1. The van der Waals surface area contributed by atoms with Gasteiger partial charge in [0.05, 0.1) is 0 Å². The summed E-state index contributed by atoms with van der Waals surface area (Å²) in [5.74, 6) is -1.13. The maximum atomic E-state index is 11.5. The molecule has 3 amide bonds. The molecule has 0 rings (SSSR count). The minimum atomic E-state index is -1.10. The Bertz CT molecular complexity index is 298. The molecule has 0 spiro atoms. The van der Waals surface area contributed by atoms with Crippen molar-refractivity contribution in [3.05, 3.63) is 0 Å². The maximum Gasteiger partial charge on any atom is 0.326 e. The van der Waals surface area contributed by atoms with Gasteiger partial charge in [-0.2, -0.15) is 11.8 Å². The third-order valence-electron chi connectivity index (χ3n) is 1.95. The standard InChI is InChI=1S/C9H17N3O4S/c1-12(5-7(10)13)9(16)11-6(8(14)15)3-4-17-2/h6H,3-5H2,1-2H3,(H2,10,13)(H,11,16)(H,14,15)/t6-/m0/s1. The Hall–Kier alpha value is -1.44. The van der Waals surface area contributed by atoms with Crippen LogP contribution in [0.1, 0.15) is 6.42 Å². The molecule has 17 heavy (non-hydrogen) atoms. The number of carboxylic acid groups (broad SMARTS) is 1. The molecule has 0 aromatic rings. The fraction of sp³-hybridized carbons (Fsp3) is 0.667. The van der Waals surface area contributed by atoms with Crippen molar-refractivity contribution in [3.8, 4) is 0 Å². The highest BCUT2D eigenvalue weighted by molar-refractivity contribution is 7.98. The van der Waals surface area contributed by atoms with Gasteiger partial charge in [-0.3, -0.25) is 4.79 Å². The fourth-order valence-electron chi connectivity index (χ4n) is 1.06. The zero-order chi connectivity index (χ0) is 13.4. The number of amides is 3. The normalized spacial score (nSPS) is 11.6. The Kier molecular flexibility index (Phi) is 7.11. The van der Waals surface area contributed by atoms with Crippen LogP contribution in [0.2, 0.25) is 0 Å². The highest BCUT2D eigenvalue weighted by Gasteiger charge is 2.21. The Balaban J connectivity index is 4.29. The number of aliphatic carboxylic acids is 1. The third kappa shape index (κ3) is 6.67. The lowest BCUT2D eigenvalue weighted by molar-refractivity contribution is -0.139. The van der Waals surface area contributed by atoms with Crippen molar-refractivity contribution in [2.24, 2.45) is 5.73 Å². The molecule has 4 N–H and O–H groups in total. The molecular formula is C9H17N3O4S. The van der Waals surface area contributed by atoms with E-state index in [2.05, 4.69) is 5.32 Å². The van der Waals surface area contributed by atoms with Crippen molar-refractivity contribution in [3.63, 3.8) is 0 Å². The van der Waals surface area contributed by atoms with Crippen LogP contribution in [0.3, 0.4) is 0 Å². The number of nitrogens with one attached hydrogen (secondary N) is 1. The summed E-state index contributed by atoms with van der Waals surface area (Å²) < 4.78 is 0. The highest BCUT2D eigenvalue weighted by Crippen LogP contribution is 2.01. The van der Waals surface area contributed by atoms with Gasteiger partial charge in [-0.05, 0) is 18.4 Å². The number of hydrogen-bond donors (Lipinski definition) is 3. The van der Waals surface area contributed by atoms with E-state index in [1.165, 1.54) is 18.8 Å². The smallest absolute Gasteiger partial charge is 0.326 e. The minimum Gasteiger partial charge on any atom is -0.480 e. The predicted octanol–water partition coefficient (Wildman–Crippen LogP) is -0.681. The first-order valence-corrected chi connectivity index (χ1v) is 6.29. The molecule has 0 radical (unpaired) electrons. The number of urea groups is 1. The summed E-state index contributed by atoms with van der Waals surface area (Å²) in [4.78, 5) is 34.0. The lowest BCUT2D eigenvalue weighted by atomic mass is 10.2. The first kappa shape index (κ1) is 15.6. The summed E-state index contributed by atoms with van der Waals surface area (Å²) in [6.07, 6.45) is 2.17. The van der Waals surface area contributed by atoms with Gasteiger partial charge < -0.3 is 21.1 Å². The first-order chi connectivity index (χ1) is 7.88. The van der Waals surface area contributed by atoms with E-state index in [4.69, 9.17) is 10.8 Å². The number of thioether (sulfide) groups is 1. The van der Waals surface area contributed by atoms with Crippen LogP contribution in [-0.4, -0.2) is 59.6 Å². The van der Waals surface area contributed by atoms with Gasteiger partial charge in [0, 0.05) is 7.05 Å². The predicted molar refractivity (Wildman–Crippen MR) is 64.8 cm³/mol. The van der Waals surface area contributed by atoms with Crippen LogP contribution in [-0.2, 0) is 9.59 Å². The number of primary amides is 1. The molecule has 0 saturated heterocycles. The van der Waals surface area contributed by atoms with Crippen molar-refractivity contribution in [2.75, 3.05) is 25.6 Å². The first-order valence-electron chi connectivity index (χ1n) is 4.90. The monoisotopic (exact) mass is 263 g/mol. The van der Waals surface area contributed by atoms with E-state index in [-0.39, 0.29) is 6.54 Å². The molecule has 0 unspecified atom stereocenters. The number of hydrogen-bond acceptors (Lipinski definition) is 4. The van der Waals surface area contributed by atoms with Gasteiger partial charge in [0.1, 0.15) is 12.6 Å². The SMILES string of the molecule is CSCC[C@H](NC(=O)N(C)CC(N)=O)C(=O)O. The molecule has 0 fully saturated rings. The summed E-state index contributed by atoms with van der Waals surface area (Å²) in [7, 11) is 1.37. The van der Waals surface area contributed by atoms with E-state index in [9.17, 15) is 14.4 Å². The van der Waals surface area contributed by atoms with E-state index in [0.717, 1.165) is 4.90 Å². The van der Waals surface area contributed by atoms with E-state index in [1.54, 1.807) is 0 Å². The minimum absolute atomic E-state index is 0.249. The topological polar surface area (TPSA) is 113 Å². The molecule has 0 aromatic heterocycles. The maximum absolute atomic E-state index is 11.5. The molecule has 1 atom stereocenters. The number of carbonyl (C=O) groups is 3. The van der Waals surface area contributed by atoms with E-state index in [0.29, 0.717) is 12.2 Å². The molecule has 0 heterocycles. The second-order valence-electron chi connectivity index (χ2n) is 3.44. The van der Waals surface area contributed by atoms with Crippen LogP contribution >= 0.6 is 11.8 Å². The molecule has 0 aliphatic rings. The zero-order valence-corrected chi connectivity index (χ0v) is 10.6. The Labute approximate surface area is 104 Å². The lowest BCUT2D eigenvalue weighted by Crippen LogP contribution is -2.48. The Morgan fingerprint density at radius 1 is 1.47 bits per heavy atom. The van der Waals surface area contributed by atoms with Gasteiger partial charge in [0.25, 0.3) is 0 Å². The third-order valence-corrected chi connectivity index (χ3v) is 2.59. The van der Waals surface area contributed by atoms with Gasteiger partial charge in [0.15, 0.2) is 0 Å². The summed E-state index contributed by atoms with van der Waals surface area (Å²) in [5, 5.41) is 11.2. The molecule has 8 heteroatoms. The second kappa shape index (κ2) is 7.77. The molecule has 98 valence electrons. The molecule has 0 aromatic carbocycles. The van der Waals surface area contributed by atoms with Crippen LogP contribution in [0.25, 0.3) is 0 Å². The molecule has 0 saturated carbocycles. The summed E-state index contributed by atoms with van der Waals surface area (Å²) in [6.45, 7) is -0.249. The van der Waals surface area contributed by atoms with E-state index in [1.807, 2.05) is 6.26 Å². The zero-order valence-electron chi connectivity index (χ0n) is 9.80. The van der Waals surface area contributed by atoms with Crippen LogP contribution < -0.4 is 11.1 Å². The molecule has 0 aliphatic carbocycles. The Morgan fingerprint density at radius 2 is 2.06 bits per heavy atom. The van der Waals surface area contributed by atoms with Gasteiger partial charge in [-0.25, -0.2) is 9.59 Å². The fourth-order valence-corrected chi connectivity index (χ4v) is 1.53. The second-order valence-corrected chi connectivity index (χ2v) is 4.43. The molecular weight excluding hydrogens is 246 g/mol. The molecule has 0 aliphatic heterocycles. The van der Waals surface area contributed by atoms with Crippen molar-refractivity contribution >= 4 is 29.7 Å². The number of nitrogens with zero attached hydrogens (tertiary/aromatic N) is 1. The Morgan fingerprint density at radius 3 is 2.47 bits per heavy atom. The van der Waals surface area contributed by atoms with Crippen molar-refractivity contribution in [1.82, 2.24) is 10.2 Å². The summed E-state index contributed by atoms with van der Waals surface area (Å²) in [6, 6.07) is -1.58. The van der Waals surface area contributed by atoms with E-state index < -0.39 is 23.9 Å². The molecule has 0 bridgehead atoms. The van der Waals surface area contributed by atoms with Crippen LogP contribution in [0.4, 0.5) is 4.79 Å². The van der Waals surface area contributed by atoms with Gasteiger partial charge in [-0.15, -0.1) is 0 Å². The average molecular weight is 263 g/mol. The average Bonchev–Trinajstić information content (AvgIpc) is 2.22. The lowest BCUT2D eigenvalue weighted by Gasteiger charge is -2.20. The number of likely N-dealkylation sites (N-methyl/N-ethyl adjacent to an activating group) is 1. The number of carbonyl (C=O) groups excluding carboxylic acids is 2. The highest BCUT2D eigenvalue weighted by atomic mass is 32.2. The largest absolute Gasteiger partial charge is 0.480 e. The van der Waals surface area contributed by atoms with E-state index >= 15 is 0 Å². The van der Waals surface area contributed by atoms with Gasteiger partial charge in [0.2, 0.25) is 5.91 Å².